The number of thiophene rings is 1. The van der Waals surface area contributed by atoms with Crippen molar-refractivity contribution in [2.45, 2.75) is 26.7 Å². The molecule has 0 aliphatic carbocycles. The number of hydrogen-bond acceptors (Lipinski definition) is 4. The van der Waals surface area contributed by atoms with Gasteiger partial charge in [0.05, 0.1) is 11.6 Å². The lowest BCUT2D eigenvalue weighted by Crippen LogP contribution is -2.44. The van der Waals surface area contributed by atoms with Gasteiger partial charge in [0.25, 0.3) is 5.91 Å². The predicted molar refractivity (Wildman–Crippen MR) is 106 cm³/mol. The zero-order valence-electron chi connectivity index (χ0n) is 15.4. The second-order valence-corrected chi connectivity index (χ2v) is 8.12. The Morgan fingerprint density at radius 3 is 2.70 bits per heavy atom. The topological polar surface area (TPSA) is 81.2 Å². The average molecular weight is 382 g/mol. The SMILES string of the molecule is Cc1cc(C)c2c(-n3cccc3)c(C(=O)N3CCCC(C(N)=O)C3)sc2n1. The lowest BCUT2D eigenvalue weighted by Gasteiger charge is -2.31. The first-order chi connectivity index (χ1) is 13.0. The zero-order valence-corrected chi connectivity index (χ0v) is 16.3. The third kappa shape index (κ3) is 3.12. The number of aromatic nitrogens is 2. The number of aryl methyl sites for hydroxylation is 2. The molecule has 3 aromatic rings. The molecule has 0 radical (unpaired) electrons. The molecule has 0 spiro atoms. The number of pyridine rings is 1. The smallest absolute Gasteiger partial charge is 0.266 e. The van der Waals surface area contributed by atoms with Crippen molar-refractivity contribution in [2.24, 2.45) is 11.7 Å². The van der Waals surface area contributed by atoms with E-state index in [0.29, 0.717) is 18.0 Å². The van der Waals surface area contributed by atoms with Crippen molar-refractivity contribution >= 4 is 33.4 Å². The van der Waals surface area contributed by atoms with E-state index in [0.717, 1.165) is 40.0 Å². The summed E-state index contributed by atoms with van der Waals surface area (Å²) in [7, 11) is 0. The van der Waals surface area contributed by atoms with E-state index in [-0.39, 0.29) is 17.7 Å². The van der Waals surface area contributed by atoms with Gasteiger partial charge >= 0.3 is 0 Å². The summed E-state index contributed by atoms with van der Waals surface area (Å²) < 4.78 is 1.98. The summed E-state index contributed by atoms with van der Waals surface area (Å²) in [6.07, 6.45) is 5.43. The van der Waals surface area contributed by atoms with Crippen LogP contribution in [-0.2, 0) is 4.79 Å². The zero-order chi connectivity index (χ0) is 19.1. The predicted octanol–water partition coefficient (Wildman–Crippen LogP) is 3.04. The average Bonchev–Trinajstić information content (AvgIpc) is 3.28. The van der Waals surface area contributed by atoms with Crippen LogP contribution in [-0.4, -0.2) is 39.4 Å². The summed E-state index contributed by atoms with van der Waals surface area (Å²) in [6.45, 7) is 5.05. The van der Waals surface area contributed by atoms with E-state index in [2.05, 4.69) is 11.9 Å². The third-order valence-corrected chi connectivity index (χ3v) is 6.19. The number of rotatable bonds is 3. The van der Waals surface area contributed by atoms with Crippen LogP contribution in [0.3, 0.4) is 0 Å². The van der Waals surface area contributed by atoms with Crippen molar-refractivity contribution in [3.05, 3.63) is 46.7 Å². The van der Waals surface area contributed by atoms with Crippen LogP contribution in [0.1, 0.15) is 33.8 Å². The Kier molecular flexibility index (Phi) is 4.47. The highest BCUT2D eigenvalue weighted by atomic mass is 32.1. The molecular formula is C20H22N4O2S. The van der Waals surface area contributed by atoms with Crippen molar-refractivity contribution in [3.8, 4) is 5.69 Å². The normalized spacial score (nSPS) is 17.4. The van der Waals surface area contributed by atoms with Crippen molar-refractivity contribution in [1.29, 1.82) is 0 Å². The van der Waals surface area contributed by atoms with Gasteiger partial charge in [-0.1, -0.05) is 0 Å². The standard InChI is InChI=1S/C20H22N4O2S/c1-12-10-13(2)22-19-15(12)16(23-7-3-4-8-23)17(27-19)20(26)24-9-5-6-14(11-24)18(21)25/h3-4,7-8,10,14H,5-6,9,11H2,1-2H3,(H2,21,25). The molecule has 2 N–H and O–H groups in total. The van der Waals surface area contributed by atoms with Gasteiger partial charge in [-0.05, 0) is 50.5 Å². The number of primary amides is 1. The molecule has 3 aromatic heterocycles. The van der Waals surface area contributed by atoms with Gasteiger partial charge in [-0.15, -0.1) is 11.3 Å². The molecule has 140 valence electrons. The maximum Gasteiger partial charge on any atom is 0.266 e. The molecule has 4 rings (SSSR count). The van der Waals surface area contributed by atoms with Gasteiger partial charge < -0.3 is 15.2 Å². The maximum atomic E-state index is 13.4. The van der Waals surface area contributed by atoms with Crippen molar-refractivity contribution in [3.63, 3.8) is 0 Å². The molecule has 1 atom stereocenters. The van der Waals surface area contributed by atoms with Gasteiger partial charge in [-0.3, -0.25) is 9.59 Å². The van der Waals surface area contributed by atoms with E-state index in [1.807, 2.05) is 42.1 Å². The number of likely N-dealkylation sites (tertiary alicyclic amines) is 1. The van der Waals surface area contributed by atoms with Crippen molar-refractivity contribution < 1.29 is 9.59 Å². The molecule has 1 saturated heterocycles. The number of piperidine rings is 1. The highest BCUT2D eigenvalue weighted by molar-refractivity contribution is 7.21. The van der Waals surface area contributed by atoms with E-state index in [1.54, 1.807) is 4.90 Å². The van der Waals surface area contributed by atoms with Crippen LogP contribution in [0.5, 0.6) is 0 Å². The molecule has 27 heavy (non-hydrogen) atoms. The molecule has 7 heteroatoms. The molecule has 0 aromatic carbocycles. The lowest BCUT2D eigenvalue weighted by atomic mass is 9.97. The molecule has 1 fully saturated rings. The van der Waals surface area contributed by atoms with Gasteiger partial charge in [0.2, 0.25) is 5.91 Å². The minimum atomic E-state index is -0.331. The van der Waals surface area contributed by atoms with Crippen LogP contribution in [0.25, 0.3) is 15.9 Å². The summed E-state index contributed by atoms with van der Waals surface area (Å²) in [4.78, 5) is 32.9. The van der Waals surface area contributed by atoms with Gasteiger partial charge in [0, 0.05) is 36.6 Å². The van der Waals surface area contributed by atoms with Crippen LogP contribution < -0.4 is 5.73 Å². The Labute approximate surface area is 161 Å². The maximum absolute atomic E-state index is 13.4. The molecule has 6 nitrogen and oxygen atoms in total. The third-order valence-electron chi connectivity index (χ3n) is 5.13. The molecule has 2 amide bonds. The first-order valence-electron chi connectivity index (χ1n) is 9.08. The number of carbonyl (C=O) groups is 2. The largest absolute Gasteiger partial charge is 0.369 e. The summed E-state index contributed by atoms with van der Waals surface area (Å²) >= 11 is 1.42. The molecule has 1 unspecified atom stereocenters. The minimum Gasteiger partial charge on any atom is -0.369 e. The monoisotopic (exact) mass is 382 g/mol. The van der Waals surface area contributed by atoms with Gasteiger partial charge in [0.15, 0.2) is 0 Å². The van der Waals surface area contributed by atoms with Crippen molar-refractivity contribution in [2.75, 3.05) is 13.1 Å². The molecule has 4 heterocycles. The fourth-order valence-electron chi connectivity index (χ4n) is 3.84. The van der Waals surface area contributed by atoms with Crippen LogP contribution in [0.15, 0.2) is 30.6 Å². The molecule has 1 aliphatic heterocycles. The Bertz CT molecular complexity index is 1020. The number of nitrogens with two attached hydrogens (primary N) is 1. The molecule has 1 aliphatic rings. The quantitative estimate of drug-likeness (QED) is 0.756. The van der Waals surface area contributed by atoms with Gasteiger partial charge in [-0.2, -0.15) is 0 Å². The highest BCUT2D eigenvalue weighted by Crippen LogP contribution is 2.37. The van der Waals surface area contributed by atoms with Gasteiger partial charge in [0.1, 0.15) is 9.71 Å². The highest BCUT2D eigenvalue weighted by Gasteiger charge is 2.31. The minimum absolute atomic E-state index is 0.0512. The summed E-state index contributed by atoms with van der Waals surface area (Å²) in [5, 5.41) is 1.01. The molecule has 0 saturated carbocycles. The van der Waals surface area contributed by atoms with Crippen LogP contribution in [0.2, 0.25) is 0 Å². The fraction of sp³-hybridized carbons (Fsp3) is 0.350. The number of carbonyl (C=O) groups excluding carboxylic acids is 2. The van der Waals surface area contributed by atoms with Crippen LogP contribution in [0, 0.1) is 19.8 Å². The fourth-order valence-corrected chi connectivity index (χ4v) is 5.10. The first-order valence-corrected chi connectivity index (χ1v) is 9.90. The number of amides is 2. The van der Waals surface area contributed by atoms with Gasteiger partial charge in [-0.25, -0.2) is 4.98 Å². The van der Waals surface area contributed by atoms with Crippen LogP contribution >= 0.6 is 11.3 Å². The second kappa shape index (κ2) is 6.81. The number of nitrogens with zero attached hydrogens (tertiary/aromatic N) is 3. The Morgan fingerprint density at radius 1 is 1.26 bits per heavy atom. The number of fused-ring (bicyclic) bond motifs is 1. The Hall–Kier alpha value is -2.67. The second-order valence-electron chi connectivity index (χ2n) is 7.12. The van der Waals surface area contributed by atoms with Crippen LogP contribution in [0.4, 0.5) is 0 Å². The first kappa shape index (κ1) is 17.7. The molecular weight excluding hydrogens is 360 g/mol. The van der Waals surface area contributed by atoms with E-state index in [1.165, 1.54) is 11.3 Å². The molecule has 0 bridgehead atoms. The van der Waals surface area contributed by atoms with E-state index in [9.17, 15) is 9.59 Å². The Balaban J connectivity index is 1.84. The Morgan fingerprint density at radius 2 is 2.00 bits per heavy atom. The summed E-state index contributed by atoms with van der Waals surface area (Å²) in [5.41, 5.74) is 8.39. The summed E-state index contributed by atoms with van der Waals surface area (Å²) in [6, 6.07) is 5.93. The van der Waals surface area contributed by atoms with E-state index < -0.39 is 0 Å². The van der Waals surface area contributed by atoms with Crippen molar-refractivity contribution in [1.82, 2.24) is 14.5 Å². The van der Waals surface area contributed by atoms with E-state index in [4.69, 9.17) is 5.73 Å². The lowest BCUT2D eigenvalue weighted by molar-refractivity contribution is -0.123. The van der Waals surface area contributed by atoms with E-state index >= 15 is 0 Å². The summed E-state index contributed by atoms with van der Waals surface area (Å²) in [5.74, 6) is -0.651. The number of hydrogen-bond donors (Lipinski definition) is 1.